The van der Waals surface area contributed by atoms with Crippen LogP contribution in [0.2, 0.25) is 0 Å². The molecule has 0 unspecified atom stereocenters. The van der Waals surface area contributed by atoms with Gasteiger partial charge in [0.1, 0.15) is 0 Å². The highest BCUT2D eigenvalue weighted by Crippen LogP contribution is 2.17. The van der Waals surface area contributed by atoms with Crippen molar-refractivity contribution in [1.82, 2.24) is 9.78 Å². The minimum atomic E-state index is -0.144. The number of hydrogen-bond acceptors (Lipinski definition) is 3. The Kier molecular flexibility index (Phi) is 5.77. The van der Waals surface area contributed by atoms with Crippen LogP contribution in [0.4, 0.5) is 0 Å². The molecule has 0 aliphatic carbocycles. The van der Waals surface area contributed by atoms with Crippen LogP contribution in [0.15, 0.2) is 42.7 Å². The number of ether oxygens (including phenoxy) is 2. The van der Waals surface area contributed by atoms with E-state index in [0.717, 1.165) is 18.5 Å². The molecule has 0 amide bonds. The summed E-state index contributed by atoms with van der Waals surface area (Å²) in [5.74, 6) is 0. The Bertz CT molecular complexity index is 490. The second-order valence-electron chi connectivity index (χ2n) is 4.49. The van der Waals surface area contributed by atoms with Crippen LogP contribution >= 0.6 is 0 Å². The summed E-state index contributed by atoms with van der Waals surface area (Å²) in [6.45, 7) is 6.08. The largest absolute Gasteiger partial charge is 0.353 e. The van der Waals surface area contributed by atoms with E-state index in [9.17, 15) is 0 Å². The highest BCUT2D eigenvalue weighted by Gasteiger charge is 2.09. The van der Waals surface area contributed by atoms with Gasteiger partial charge in [0.25, 0.3) is 0 Å². The van der Waals surface area contributed by atoms with E-state index in [2.05, 4.69) is 23.4 Å². The van der Waals surface area contributed by atoms with Crippen LogP contribution in [0.3, 0.4) is 0 Å². The van der Waals surface area contributed by atoms with Crippen LogP contribution in [0.5, 0.6) is 0 Å². The van der Waals surface area contributed by atoms with Gasteiger partial charge in [0, 0.05) is 37.9 Å². The zero-order chi connectivity index (χ0) is 14.2. The van der Waals surface area contributed by atoms with Crippen molar-refractivity contribution in [3.63, 3.8) is 0 Å². The minimum absolute atomic E-state index is 0.144. The van der Waals surface area contributed by atoms with Crippen LogP contribution in [-0.4, -0.2) is 29.3 Å². The van der Waals surface area contributed by atoms with Gasteiger partial charge >= 0.3 is 0 Å². The summed E-state index contributed by atoms with van der Waals surface area (Å²) in [4.78, 5) is 0. The van der Waals surface area contributed by atoms with Crippen molar-refractivity contribution in [3.8, 4) is 11.1 Å². The quantitative estimate of drug-likeness (QED) is 0.693. The molecule has 0 spiro atoms. The van der Waals surface area contributed by atoms with Crippen molar-refractivity contribution in [2.24, 2.45) is 0 Å². The van der Waals surface area contributed by atoms with Crippen molar-refractivity contribution in [1.29, 1.82) is 0 Å². The lowest BCUT2D eigenvalue weighted by atomic mass is 10.1. The summed E-state index contributed by atoms with van der Waals surface area (Å²) >= 11 is 0. The molecule has 4 heteroatoms. The van der Waals surface area contributed by atoms with E-state index in [1.165, 1.54) is 5.56 Å². The maximum absolute atomic E-state index is 5.53. The lowest BCUT2D eigenvalue weighted by Gasteiger charge is -2.16. The van der Waals surface area contributed by atoms with Crippen LogP contribution in [-0.2, 0) is 16.0 Å². The molecule has 0 fully saturated rings. The molecule has 0 N–H and O–H groups in total. The topological polar surface area (TPSA) is 36.3 Å². The van der Waals surface area contributed by atoms with E-state index in [1.54, 1.807) is 0 Å². The standard InChI is InChI=1S/C16H22N2O2/c1-3-19-16(20-4-2)10-11-18-13-15(12-17-18)14-8-6-5-7-9-14/h5-9,12-13,16H,3-4,10-11H2,1-2H3. The van der Waals surface area contributed by atoms with Gasteiger partial charge in [0.2, 0.25) is 0 Å². The molecule has 1 aromatic carbocycles. The monoisotopic (exact) mass is 274 g/mol. The zero-order valence-corrected chi connectivity index (χ0v) is 12.2. The fourth-order valence-electron chi connectivity index (χ4n) is 2.09. The Balaban J connectivity index is 1.92. The van der Waals surface area contributed by atoms with Crippen LogP contribution in [0.25, 0.3) is 11.1 Å². The van der Waals surface area contributed by atoms with Crippen LogP contribution in [0, 0.1) is 0 Å². The number of aryl methyl sites for hydroxylation is 1. The van der Waals surface area contributed by atoms with Gasteiger partial charge in [-0.2, -0.15) is 5.10 Å². The van der Waals surface area contributed by atoms with Gasteiger partial charge in [0.15, 0.2) is 6.29 Å². The third-order valence-electron chi connectivity index (χ3n) is 3.04. The zero-order valence-electron chi connectivity index (χ0n) is 12.2. The summed E-state index contributed by atoms with van der Waals surface area (Å²) in [7, 11) is 0. The predicted molar refractivity (Wildman–Crippen MR) is 79.3 cm³/mol. The normalized spacial score (nSPS) is 11.2. The lowest BCUT2D eigenvalue weighted by molar-refractivity contribution is -0.141. The van der Waals surface area contributed by atoms with E-state index in [-0.39, 0.29) is 6.29 Å². The smallest absolute Gasteiger partial charge is 0.159 e. The Morgan fingerprint density at radius 2 is 1.75 bits per heavy atom. The average Bonchev–Trinajstić information content (AvgIpc) is 2.95. The summed E-state index contributed by atoms with van der Waals surface area (Å²) in [5.41, 5.74) is 2.32. The van der Waals surface area contributed by atoms with Crippen molar-refractivity contribution >= 4 is 0 Å². The molecule has 4 nitrogen and oxygen atoms in total. The summed E-state index contributed by atoms with van der Waals surface area (Å²) in [6.07, 6.45) is 4.61. The van der Waals surface area contributed by atoms with Crippen molar-refractivity contribution in [3.05, 3.63) is 42.7 Å². The molecule has 0 saturated carbocycles. The predicted octanol–water partition coefficient (Wildman–Crippen LogP) is 3.34. The van der Waals surface area contributed by atoms with Crippen molar-refractivity contribution < 1.29 is 9.47 Å². The van der Waals surface area contributed by atoms with Crippen molar-refractivity contribution in [2.75, 3.05) is 13.2 Å². The molecule has 20 heavy (non-hydrogen) atoms. The maximum atomic E-state index is 5.53. The minimum Gasteiger partial charge on any atom is -0.353 e. The van der Waals surface area contributed by atoms with Gasteiger partial charge < -0.3 is 9.47 Å². The first-order valence-corrected chi connectivity index (χ1v) is 7.14. The number of nitrogens with zero attached hydrogens (tertiary/aromatic N) is 2. The van der Waals surface area contributed by atoms with E-state index >= 15 is 0 Å². The molecule has 1 heterocycles. The van der Waals surface area contributed by atoms with Gasteiger partial charge in [-0.15, -0.1) is 0 Å². The molecule has 0 saturated heterocycles. The van der Waals surface area contributed by atoms with Crippen LogP contribution in [0.1, 0.15) is 20.3 Å². The van der Waals surface area contributed by atoms with Gasteiger partial charge in [-0.05, 0) is 19.4 Å². The summed E-state index contributed by atoms with van der Waals surface area (Å²) in [6, 6.07) is 10.3. The lowest BCUT2D eigenvalue weighted by Crippen LogP contribution is -2.19. The fraction of sp³-hybridized carbons (Fsp3) is 0.438. The van der Waals surface area contributed by atoms with E-state index in [1.807, 2.05) is 42.9 Å². The molecular weight excluding hydrogens is 252 g/mol. The van der Waals surface area contributed by atoms with Gasteiger partial charge in [-0.25, -0.2) is 0 Å². The second kappa shape index (κ2) is 7.82. The van der Waals surface area contributed by atoms with Crippen LogP contribution < -0.4 is 0 Å². The third-order valence-corrected chi connectivity index (χ3v) is 3.04. The Morgan fingerprint density at radius 3 is 2.40 bits per heavy atom. The molecule has 2 rings (SSSR count). The average molecular weight is 274 g/mol. The first-order chi connectivity index (χ1) is 9.83. The Labute approximate surface area is 120 Å². The maximum Gasteiger partial charge on any atom is 0.159 e. The fourth-order valence-corrected chi connectivity index (χ4v) is 2.09. The third kappa shape index (κ3) is 4.18. The SMILES string of the molecule is CCOC(CCn1cc(-c2ccccc2)cn1)OCC. The van der Waals surface area contributed by atoms with Crippen molar-refractivity contribution in [2.45, 2.75) is 33.1 Å². The Morgan fingerprint density at radius 1 is 1.05 bits per heavy atom. The molecule has 0 bridgehead atoms. The van der Waals surface area contributed by atoms with E-state index in [0.29, 0.717) is 13.2 Å². The van der Waals surface area contributed by atoms with Gasteiger partial charge in [-0.1, -0.05) is 30.3 Å². The molecule has 0 aliphatic heterocycles. The first kappa shape index (κ1) is 14.8. The van der Waals surface area contributed by atoms with Gasteiger partial charge in [0.05, 0.1) is 6.20 Å². The number of benzene rings is 1. The Hall–Kier alpha value is -1.65. The molecule has 108 valence electrons. The molecule has 0 aliphatic rings. The highest BCUT2D eigenvalue weighted by molar-refractivity contribution is 5.61. The van der Waals surface area contributed by atoms with Gasteiger partial charge in [-0.3, -0.25) is 4.68 Å². The number of aromatic nitrogens is 2. The van der Waals surface area contributed by atoms with E-state index in [4.69, 9.17) is 9.47 Å². The summed E-state index contributed by atoms with van der Waals surface area (Å²) in [5, 5.41) is 4.39. The molecule has 0 atom stereocenters. The molecule has 1 aromatic heterocycles. The molecule has 0 radical (unpaired) electrons. The number of rotatable bonds is 8. The second-order valence-corrected chi connectivity index (χ2v) is 4.49. The number of hydrogen-bond donors (Lipinski definition) is 0. The van der Waals surface area contributed by atoms with E-state index < -0.39 is 0 Å². The molecular formula is C16H22N2O2. The molecule has 2 aromatic rings. The summed E-state index contributed by atoms with van der Waals surface area (Å²) < 4.78 is 13.0. The highest BCUT2D eigenvalue weighted by atomic mass is 16.7. The first-order valence-electron chi connectivity index (χ1n) is 7.14.